The van der Waals surface area contributed by atoms with E-state index in [9.17, 15) is 13.2 Å². The van der Waals surface area contributed by atoms with Crippen LogP contribution in [0.15, 0.2) is 18.2 Å². The van der Waals surface area contributed by atoms with Crippen molar-refractivity contribution in [1.82, 2.24) is 0 Å². The summed E-state index contributed by atoms with van der Waals surface area (Å²) in [5, 5.41) is 0. The summed E-state index contributed by atoms with van der Waals surface area (Å²) in [6.45, 7) is 0.337. The Morgan fingerprint density at radius 2 is 2.05 bits per heavy atom. The third-order valence-electron chi connectivity index (χ3n) is 2.68. The van der Waals surface area contributed by atoms with Gasteiger partial charge < -0.3 is 15.4 Å². The third-order valence-corrected chi connectivity index (χ3v) is 3.60. The van der Waals surface area contributed by atoms with Gasteiger partial charge in [0.05, 0.1) is 18.4 Å². The first-order valence-electron chi connectivity index (χ1n) is 5.61. The summed E-state index contributed by atoms with van der Waals surface area (Å²) in [7, 11) is 0.00291. The normalized spacial score (nSPS) is 11.1. The van der Waals surface area contributed by atoms with E-state index in [-0.39, 0.29) is 11.3 Å². The zero-order valence-electron chi connectivity index (χ0n) is 11.2. The zero-order chi connectivity index (χ0) is 14.6. The molecular formula is C12H18N2O4S. The Balaban J connectivity index is 2.92. The molecule has 0 aliphatic rings. The monoisotopic (exact) mass is 286 g/mol. The van der Waals surface area contributed by atoms with Crippen molar-refractivity contribution in [3.05, 3.63) is 23.8 Å². The number of esters is 1. The number of nitrogens with two attached hydrogens (primary N) is 1. The Kier molecular flexibility index (Phi) is 4.77. The van der Waals surface area contributed by atoms with Crippen molar-refractivity contribution in [3.8, 4) is 0 Å². The van der Waals surface area contributed by atoms with Crippen LogP contribution in [0.3, 0.4) is 0 Å². The van der Waals surface area contributed by atoms with Gasteiger partial charge in [-0.25, -0.2) is 13.2 Å². The van der Waals surface area contributed by atoms with Crippen LogP contribution in [-0.4, -0.2) is 47.1 Å². The van der Waals surface area contributed by atoms with Crippen LogP contribution in [0, 0.1) is 0 Å². The van der Waals surface area contributed by atoms with E-state index in [0.29, 0.717) is 17.9 Å². The Bertz CT molecular complexity index is 569. The number of anilines is 2. The fraction of sp³-hybridized carbons (Fsp3) is 0.417. The van der Waals surface area contributed by atoms with Gasteiger partial charge in [-0.1, -0.05) is 0 Å². The van der Waals surface area contributed by atoms with E-state index >= 15 is 0 Å². The van der Waals surface area contributed by atoms with Crippen molar-refractivity contribution in [2.24, 2.45) is 0 Å². The van der Waals surface area contributed by atoms with Crippen LogP contribution in [0.5, 0.6) is 0 Å². The van der Waals surface area contributed by atoms with E-state index in [4.69, 9.17) is 5.73 Å². The Labute approximate surface area is 113 Å². The van der Waals surface area contributed by atoms with Crippen LogP contribution >= 0.6 is 0 Å². The molecule has 0 saturated carbocycles. The van der Waals surface area contributed by atoms with Gasteiger partial charge in [0.1, 0.15) is 9.84 Å². The molecule has 0 fully saturated rings. The highest BCUT2D eigenvalue weighted by Gasteiger charge is 2.13. The Hall–Kier alpha value is -1.76. The predicted molar refractivity (Wildman–Crippen MR) is 75.2 cm³/mol. The second-order valence-electron chi connectivity index (χ2n) is 4.31. The second kappa shape index (κ2) is 5.92. The number of benzene rings is 1. The van der Waals surface area contributed by atoms with E-state index in [1.807, 2.05) is 0 Å². The molecule has 0 aromatic heterocycles. The highest BCUT2D eigenvalue weighted by atomic mass is 32.2. The molecule has 0 bridgehead atoms. The molecule has 106 valence electrons. The molecule has 1 rings (SSSR count). The molecule has 0 unspecified atom stereocenters. The Morgan fingerprint density at radius 3 is 2.58 bits per heavy atom. The largest absolute Gasteiger partial charge is 0.465 e. The number of carbonyl (C=O) groups excluding carboxylic acids is 1. The molecule has 0 heterocycles. The predicted octanol–water partition coefficient (Wildman–Crippen LogP) is 0.536. The molecule has 0 atom stereocenters. The van der Waals surface area contributed by atoms with Crippen molar-refractivity contribution in [3.63, 3.8) is 0 Å². The van der Waals surface area contributed by atoms with Gasteiger partial charge in [0.25, 0.3) is 0 Å². The molecule has 0 spiro atoms. The number of ether oxygens (including phenoxy) is 1. The maximum Gasteiger partial charge on any atom is 0.340 e. The summed E-state index contributed by atoms with van der Waals surface area (Å²) < 4.78 is 26.9. The summed E-state index contributed by atoms with van der Waals surface area (Å²) in [5.74, 6) is -0.475. The van der Waals surface area contributed by atoms with Gasteiger partial charge in [-0.2, -0.15) is 0 Å². The van der Waals surface area contributed by atoms with Gasteiger partial charge in [0.15, 0.2) is 0 Å². The van der Waals surface area contributed by atoms with Gasteiger partial charge in [-0.15, -0.1) is 0 Å². The van der Waals surface area contributed by atoms with Crippen molar-refractivity contribution >= 4 is 27.2 Å². The van der Waals surface area contributed by atoms with Crippen molar-refractivity contribution in [2.45, 2.75) is 0 Å². The molecule has 0 saturated heterocycles. The maximum absolute atomic E-state index is 11.5. The lowest BCUT2D eigenvalue weighted by molar-refractivity contribution is 0.0602. The summed E-state index contributed by atoms with van der Waals surface area (Å²) in [6.07, 6.45) is 1.18. The van der Waals surface area contributed by atoms with Gasteiger partial charge >= 0.3 is 5.97 Å². The average molecular weight is 286 g/mol. The summed E-state index contributed by atoms with van der Waals surface area (Å²) in [4.78, 5) is 13.3. The molecule has 0 aliphatic carbocycles. The lowest BCUT2D eigenvalue weighted by atomic mass is 10.1. The highest BCUT2D eigenvalue weighted by molar-refractivity contribution is 7.90. The number of nitrogens with zero attached hydrogens (tertiary/aromatic N) is 1. The van der Waals surface area contributed by atoms with Crippen LogP contribution in [-0.2, 0) is 14.6 Å². The summed E-state index contributed by atoms with van der Waals surface area (Å²) >= 11 is 0. The first kappa shape index (κ1) is 15.3. The molecule has 0 aliphatic heterocycles. The average Bonchev–Trinajstić information content (AvgIpc) is 2.34. The zero-order valence-corrected chi connectivity index (χ0v) is 12.0. The molecule has 0 radical (unpaired) electrons. The highest BCUT2D eigenvalue weighted by Crippen LogP contribution is 2.21. The van der Waals surface area contributed by atoms with Crippen molar-refractivity contribution in [1.29, 1.82) is 0 Å². The van der Waals surface area contributed by atoms with Gasteiger partial charge in [0.2, 0.25) is 0 Å². The number of carbonyl (C=O) groups is 1. The fourth-order valence-corrected chi connectivity index (χ4v) is 2.11. The fourth-order valence-electron chi connectivity index (χ4n) is 1.50. The molecule has 1 aromatic rings. The third kappa shape index (κ3) is 4.44. The molecule has 1 aromatic carbocycles. The van der Waals surface area contributed by atoms with E-state index < -0.39 is 15.8 Å². The number of sulfone groups is 1. The van der Waals surface area contributed by atoms with E-state index in [1.54, 1.807) is 30.1 Å². The minimum atomic E-state index is -3.02. The Morgan fingerprint density at radius 1 is 1.42 bits per heavy atom. The lowest BCUT2D eigenvalue weighted by Crippen LogP contribution is -2.25. The number of hydrogen-bond acceptors (Lipinski definition) is 6. The molecule has 0 amide bonds. The second-order valence-corrected chi connectivity index (χ2v) is 6.57. The van der Waals surface area contributed by atoms with Crippen LogP contribution in [0.2, 0.25) is 0 Å². The van der Waals surface area contributed by atoms with Gasteiger partial charge in [-0.05, 0) is 18.2 Å². The first-order chi connectivity index (χ1) is 8.74. The minimum Gasteiger partial charge on any atom is -0.465 e. The van der Waals surface area contributed by atoms with Crippen LogP contribution in [0.1, 0.15) is 10.4 Å². The molecule has 7 heteroatoms. The van der Waals surface area contributed by atoms with Crippen LogP contribution < -0.4 is 10.6 Å². The van der Waals surface area contributed by atoms with Gasteiger partial charge in [0, 0.05) is 31.2 Å². The lowest BCUT2D eigenvalue weighted by Gasteiger charge is -2.19. The number of rotatable bonds is 5. The standard InChI is InChI=1S/C12H18N2O4S/c1-14(6-7-19(3,16)17)9-4-5-11(13)10(8-9)12(15)18-2/h4-5,8H,6-7,13H2,1-3H3. The quantitative estimate of drug-likeness (QED) is 0.627. The van der Waals surface area contributed by atoms with Crippen LogP contribution in [0.25, 0.3) is 0 Å². The van der Waals surface area contributed by atoms with Crippen LogP contribution in [0.4, 0.5) is 11.4 Å². The smallest absolute Gasteiger partial charge is 0.340 e. The molecule has 6 nitrogen and oxygen atoms in total. The molecule has 2 N–H and O–H groups in total. The van der Waals surface area contributed by atoms with Crippen molar-refractivity contribution < 1.29 is 17.9 Å². The first-order valence-corrected chi connectivity index (χ1v) is 7.67. The van der Waals surface area contributed by atoms with E-state index in [1.165, 1.54) is 13.4 Å². The van der Waals surface area contributed by atoms with E-state index in [0.717, 1.165) is 0 Å². The number of hydrogen-bond donors (Lipinski definition) is 1. The topological polar surface area (TPSA) is 89.7 Å². The SMILES string of the molecule is COC(=O)c1cc(N(C)CCS(C)(=O)=O)ccc1N. The molecule has 19 heavy (non-hydrogen) atoms. The van der Waals surface area contributed by atoms with E-state index in [2.05, 4.69) is 4.74 Å². The van der Waals surface area contributed by atoms with Crippen molar-refractivity contribution in [2.75, 3.05) is 43.3 Å². The maximum atomic E-state index is 11.5. The minimum absolute atomic E-state index is 0.0431. The summed E-state index contributed by atoms with van der Waals surface area (Å²) in [6, 6.07) is 4.91. The number of methoxy groups -OCH3 is 1. The number of nitrogen functional groups attached to an aromatic ring is 1. The molecular weight excluding hydrogens is 268 g/mol. The van der Waals surface area contributed by atoms with Gasteiger partial charge in [-0.3, -0.25) is 0 Å². The summed E-state index contributed by atoms with van der Waals surface area (Å²) in [5.41, 5.74) is 7.00.